The van der Waals surface area contributed by atoms with Gasteiger partial charge in [-0.25, -0.2) is 4.79 Å². The smallest absolute Gasteiger partial charge is 0.345 e. The molecule has 1 aromatic rings. The predicted octanol–water partition coefficient (Wildman–Crippen LogP) is 2.70. The van der Waals surface area contributed by atoms with Gasteiger partial charge in [0, 0.05) is 3.57 Å². The Bertz CT molecular complexity index is 251. The number of hydrogen-bond donors (Lipinski definition) is 1. The van der Waals surface area contributed by atoms with Crippen LogP contribution in [0.25, 0.3) is 0 Å². The standard InChI is InChI=1S/C5H2ClIO2S/c6-4-2(7)1-3(10-4)5(8)9/h1H,(H,8,9). The highest BCUT2D eigenvalue weighted by atomic mass is 127. The first-order chi connectivity index (χ1) is 4.61. The van der Waals surface area contributed by atoms with Gasteiger partial charge in [-0.2, -0.15) is 0 Å². The highest BCUT2D eigenvalue weighted by Gasteiger charge is 2.09. The number of aromatic carboxylic acids is 1. The van der Waals surface area contributed by atoms with E-state index in [-0.39, 0.29) is 4.88 Å². The van der Waals surface area contributed by atoms with Gasteiger partial charge in [0.2, 0.25) is 0 Å². The van der Waals surface area contributed by atoms with E-state index in [1.807, 2.05) is 22.6 Å². The fraction of sp³-hybridized carbons (Fsp3) is 0. The van der Waals surface area contributed by atoms with Gasteiger partial charge in [0.15, 0.2) is 0 Å². The Morgan fingerprint density at radius 2 is 2.40 bits per heavy atom. The molecule has 0 radical (unpaired) electrons. The van der Waals surface area contributed by atoms with Gasteiger partial charge in [0.05, 0.1) is 0 Å². The maximum Gasteiger partial charge on any atom is 0.345 e. The Labute approximate surface area is 80.0 Å². The van der Waals surface area contributed by atoms with E-state index in [1.165, 1.54) is 0 Å². The highest BCUT2D eigenvalue weighted by molar-refractivity contribution is 14.1. The van der Waals surface area contributed by atoms with Crippen molar-refractivity contribution in [3.05, 3.63) is 18.9 Å². The Morgan fingerprint density at radius 1 is 1.80 bits per heavy atom. The minimum Gasteiger partial charge on any atom is -0.477 e. The molecule has 1 heterocycles. The van der Waals surface area contributed by atoms with Crippen molar-refractivity contribution in [2.45, 2.75) is 0 Å². The van der Waals surface area contributed by atoms with E-state index in [9.17, 15) is 4.79 Å². The molecule has 0 aromatic carbocycles. The summed E-state index contributed by atoms with van der Waals surface area (Å²) in [5.74, 6) is -0.921. The lowest BCUT2D eigenvalue weighted by Crippen LogP contribution is -1.89. The SMILES string of the molecule is O=C(O)c1cc(I)c(Cl)s1. The Kier molecular flexibility index (Phi) is 2.54. The summed E-state index contributed by atoms with van der Waals surface area (Å²) in [6, 6.07) is 1.55. The fourth-order valence-corrected chi connectivity index (χ4v) is 2.22. The molecule has 0 atom stereocenters. The zero-order valence-corrected chi connectivity index (χ0v) is 8.33. The van der Waals surface area contributed by atoms with Crippen molar-refractivity contribution in [1.82, 2.24) is 0 Å². The molecule has 54 valence electrons. The zero-order chi connectivity index (χ0) is 7.72. The molecule has 1 aromatic heterocycles. The van der Waals surface area contributed by atoms with Crippen LogP contribution in [0.15, 0.2) is 6.07 Å². The molecule has 1 N–H and O–H groups in total. The van der Waals surface area contributed by atoms with E-state index in [0.717, 1.165) is 14.9 Å². The van der Waals surface area contributed by atoms with Crippen LogP contribution in [0.3, 0.4) is 0 Å². The van der Waals surface area contributed by atoms with Gasteiger partial charge in [0.25, 0.3) is 0 Å². The fourth-order valence-electron chi connectivity index (χ4n) is 0.452. The van der Waals surface area contributed by atoms with Gasteiger partial charge in [0.1, 0.15) is 9.21 Å². The zero-order valence-electron chi connectivity index (χ0n) is 4.60. The van der Waals surface area contributed by atoms with Crippen LogP contribution in [0.1, 0.15) is 9.67 Å². The molecule has 0 saturated heterocycles. The average molecular weight is 288 g/mol. The lowest BCUT2D eigenvalue weighted by molar-refractivity contribution is 0.0702. The molecule has 10 heavy (non-hydrogen) atoms. The second-order valence-corrected chi connectivity index (χ2v) is 4.35. The van der Waals surface area contributed by atoms with Crippen molar-refractivity contribution in [3.63, 3.8) is 0 Å². The van der Waals surface area contributed by atoms with Crippen molar-refractivity contribution in [3.8, 4) is 0 Å². The van der Waals surface area contributed by atoms with Gasteiger partial charge in [-0.1, -0.05) is 11.6 Å². The maximum absolute atomic E-state index is 10.3. The van der Waals surface area contributed by atoms with Gasteiger partial charge < -0.3 is 5.11 Å². The van der Waals surface area contributed by atoms with E-state index >= 15 is 0 Å². The van der Waals surface area contributed by atoms with Crippen LogP contribution in [-0.4, -0.2) is 11.1 Å². The Morgan fingerprint density at radius 3 is 2.60 bits per heavy atom. The third-order valence-electron chi connectivity index (χ3n) is 0.856. The molecular weight excluding hydrogens is 286 g/mol. The first kappa shape index (κ1) is 8.29. The summed E-state index contributed by atoms with van der Waals surface area (Å²) in [7, 11) is 0. The quantitative estimate of drug-likeness (QED) is 0.807. The summed E-state index contributed by atoms with van der Waals surface area (Å²) in [5, 5.41) is 8.47. The van der Waals surface area contributed by atoms with Crippen molar-refractivity contribution < 1.29 is 9.90 Å². The van der Waals surface area contributed by atoms with Crippen molar-refractivity contribution in [2.75, 3.05) is 0 Å². The highest BCUT2D eigenvalue weighted by Crippen LogP contribution is 2.28. The molecule has 5 heteroatoms. The van der Waals surface area contributed by atoms with Crippen LogP contribution in [0, 0.1) is 3.57 Å². The summed E-state index contributed by atoms with van der Waals surface area (Å²) >= 11 is 8.70. The molecule has 0 fully saturated rings. The third-order valence-corrected chi connectivity index (χ3v) is 3.74. The van der Waals surface area contributed by atoms with E-state index in [0.29, 0.717) is 4.34 Å². The molecule has 0 amide bonds. The normalized spacial score (nSPS) is 9.80. The number of carbonyl (C=O) groups is 1. The number of thiophene rings is 1. The number of halogens is 2. The van der Waals surface area contributed by atoms with Crippen LogP contribution in [-0.2, 0) is 0 Å². The lowest BCUT2D eigenvalue weighted by Gasteiger charge is -1.79. The van der Waals surface area contributed by atoms with Crippen LogP contribution in [0.2, 0.25) is 4.34 Å². The molecule has 0 saturated carbocycles. The first-order valence-corrected chi connectivity index (χ1v) is 4.56. The monoisotopic (exact) mass is 288 g/mol. The van der Waals surface area contributed by atoms with E-state index in [1.54, 1.807) is 6.07 Å². The molecule has 0 unspecified atom stereocenters. The largest absolute Gasteiger partial charge is 0.477 e. The summed E-state index contributed by atoms with van der Waals surface area (Å²) in [6.45, 7) is 0. The molecular formula is C5H2ClIO2S. The minimum atomic E-state index is -0.921. The Balaban J connectivity index is 3.10. The first-order valence-electron chi connectivity index (χ1n) is 2.29. The van der Waals surface area contributed by atoms with Gasteiger partial charge in [-0.05, 0) is 28.7 Å². The number of carboxylic acid groups (broad SMARTS) is 1. The van der Waals surface area contributed by atoms with E-state index in [4.69, 9.17) is 16.7 Å². The molecule has 0 bridgehead atoms. The maximum atomic E-state index is 10.3. The topological polar surface area (TPSA) is 37.3 Å². The summed E-state index contributed by atoms with van der Waals surface area (Å²) in [5.41, 5.74) is 0. The summed E-state index contributed by atoms with van der Waals surface area (Å²) in [4.78, 5) is 10.6. The van der Waals surface area contributed by atoms with Crippen LogP contribution in [0.5, 0.6) is 0 Å². The summed E-state index contributed by atoms with van der Waals surface area (Å²) in [6.07, 6.45) is 0. The van der Waals surface area contributed by atoms with Crippen LogP contribution < -0.4 is 0 Å². The molecule has 2 nitrogen and oxygen atoms in total. The van der Waals surface area contributed by atoms with Gasteiger partial charge in [-0.3, -0.25) is 0 Å². The summed E-state index contributed by atoms with van der Waals surface area (Å²) < 4.78 is 1.33. The van der Waals surface area contributed by atoms with Crippen molar-refractivity contribution >= 4 is 51.5 Å². The number of hydrogen-bond acceptors (Lipinski definition) is 2. The third kappa shape index (κ3) is 1.62. The van der Waals surface area contributed by atoms with Gasteiger partial charge >= 0.3 is 5.97 Å². The van der Waals surface area contributed by atoms with Gasteiger partial charge in [-0.15, -0.1) is 11.3 Å². The molecule has 0 spiro atoms. The number of rotatable bonds is 1. The van der Waals surface area contributed by atoms with E-state index in [2.05, 4.69) is 0 Å². The predicted molar refractivity (Wildman–Crippen MR) is 49.0 cm³/mol. The van der Waals surface area contributed by atoms with Crippen LogP contribution >= 0.6 is 45.5 Å². The lowest BCUT2D eigenvalue weighted by atomic mass is 10.5. The molecule has 1 rings (SSSR count). The second kappa shape index (κ2) is 3.06. The average Bonchev–Trinajstić information content (AvgIpc) is 2.13. The Hall–Kier alpha value is 0.190. The number of carboxylic acids is 1. The molecule has 0 aliphatic rings. The molecule has 0 aliphatic heterocycles. The molecule has 0 aliphatic carbocycles. The van der Waals surface area contributed by atoms with Crippen molar-refractivity contribution in [1.29, 1.82) is 0 Å². The van der Waals surface area contributed by atoms with Crippen LogP contribution in [0.4, 0.5) is 0 Å². The van der Waals surface area contributed by atoms with Crippen molar-refractivity contribution in [2.24, 2.45) is 0 Å². The second-order valence-electron chi connectivity index (χ2n) is 1.54. The minimum absolute atomic E-state index is 0.286. The van der Waals surface area contributed by atoms with E-state index < -0.39 is 5.97 Å².